The molecule has 0 spiro atoms. The summed E-state index contributed by atoms with van der Waals surface area (Å²) in [5, 5.41) is 10.1. The third kappa shape index (κ3) is 4.25. The molecule has 156 valence electrons. The number of rotatable bonds is 8. The minimum atomic E-state index is -0.201. The summed E-state index contributed by atoms with van der Waals surface area (Å²) in [5.74, 6) is 1.03. The minimum absolute atomic E-state index is 0.0457. The van der Waals surface area contributed by atoms with Crippen LogP contribution in [0.5, 0.6) is 0 Å². The van der Waals surface area contributed by atoms with Crippen LogP contribution in [0, 0.1) is 11.8 Å². The van der Waals surface area contributed by atoms with Crippen LogP contribution in [0.1, 0.15) is 56.1 Å². The fraction of sp³-hybridized carbons (Fsp3) is 0.583. The molecule has 0 aromatic heterocycles. The molecular weight excluding hydrogens is 364 g/mol. The van der Waals surface area contributed by atoms with Gasteiger partial charge in [-0.25, -0.2) is 0 Å². The Morgan fingerprint density at radius 2 is 1.83 bits per heavy atom. The first-order valence-corrected chi connectivity index (χ1v) is 10.9. The average molecular weight is 397 g/mol. The topological polar surface area (TPSA) is 60.9 Å². The number of likely N-dealkylation sites (tertiary alicyclic amines) is 1. The highest BCUT2D eigenvalue weighted by Crippen LogP contribution is 2.45. The summed E-state index contributed by atoms with van der Waals surface area (Å²) >= 11 is 0. The fourth-order valence-corrected chi connectivity index (χ4v) is 4.59. The predicted molar refractivity (Wildman–Crippen MR) is 113 cm³/mol. The van der Waals surface area contributed by atoms with Crippen molar-refractivity contribution in [3.05, 3.63) is 41.5 Å². The van der Waals surface area contributed by atoms with Crippen molar-refractivity contribution in [1.82, 2.24) is 9.80 Å². The van der Waals surface area contributed by atoms with Crippen molar-refractivity contribution >= 4 is 17.9 Å². The number of carbonyl (C=O) groups excluding carboxylic acids is 2. The standard InChI is InChI=1S/C24H32N2O3/c1-3-4-16-7-9-18(10-8-16)23-20(14-25(2)22(28)13-17-5-6-17)26(21(23)15-27)24(29)19-11-12-19/h3-4,7-10,17,19-21,23,27H,5-6,11-15H2,1-2H3/t20-,21+,23+/m0/s1. The van der Waals surface area contributed by atoms with E-state index in [1.54, 1.807) is 4.90 Å². The number of hydrogen-bond acceptors (Lipinski definition) is 3. The van der Waals surface area contributed by atoms with Gasteiger partial charge < -0.3 is 14.9 Å². The summed E-state index contributed by atoms with van der Waals surface area (Å²) in [6.45, 7) is 2.48. The molecule has 1 heterocycles. The quantitative estimate of drug-likeness (QED) is 0.735. The molecule has 1 saturated heterocycles. The SMILES string of the molecule is CC=Cc1ccc([C@H]2[C@@H](CO)N(C(=O)C3CC3)[C@H]2CN(C)C(=O)CC2CC2)cc1. The van der Waals surface area contributed by atoms with E-state index in [1.165, 1.54) is 0 Å². The Morgan fingerprint density at radius 3 is 2.38 bits per heavy atom. The molecule has 3 atom stereocenters. The Hall–Kier alpha value is -2.14. The van der Waals surface area contributed by atoms with Gasteiger partial charge in [0.05, 0.1) is 18.7 Å². The normalized spacial score (nSPS) is 26.4. The van der Waals surface area contributed by atoms with E-state index < -0.39 is 0 Å². The molecule has 29 heavy (non-hydrogen) atoms. The van der Waals surface area contributed by atoms with Gasteiger partial charge >= 0.3 is 0 Å². The van der Waals surface area contributed by atoms with E-state index >= 15 is 0 Å². The van der Waals surface area contributed by atoms with Crippen LogP contribution < -0.4 is 0 Å². The lowest BCUT2D eigenvalue weighted by molar-refractivity contribution is -0.155. The van der Waals surface area contributed by atoms with Gasteiger partial charge in [0.25, 0.3) is 0 Å². The summed E-state index contributed by atoms with van der Waals surface area (Å²) in [6, 6.07) is 8.08. The molecule has 2 saturated carbocycles. The van der Waals surface area contributed by atoms with Crippen molar-refractivity contribution in [3.63, 3.8) is 0 Å². The molecule has 1 aromatic rings. The highest BCUT2D eigenvalue weighted by Gasteiger charge is 2.54. The van der Waals surface area contributed by atoms with E-state index in [2.05, 4.69) is 30.3 Å². The number of hydrogen-bond donors (Lipinski definition) is 1. The van der Waals surface area contributed by atoms with E-state index in [9.17, 15) is 14.7 Å². The summed E-state index contributed by atoms with van der Waals surface area (Å²) in [4.78, 5) is 29.2. The van der Waals surface area contributed by atoms with Crippen LogP contribution in [0.2, 0.25) is 0 Å². The zero-order valence-electron chi connectivity index (χ0n) is 17.5. The summed E-state index contributed by atoms with van der Waals surface area (Å²) < 4.78 is 0. The summed E-state index contributed by atoms with van der Waals surface area (Å²) in [6.07, 6.45) is 8.88. The predicted octanol–water partition coefficient (Wildman–Crippen LogP) is 3.04. The molecule has 5 nitrogen and oxygen atoms in total. The molecule has 0 radical (unpaired) electrons. The largest absolute Gasteiger partial charge is 0.394 e. The van der Waals surface area contributed by atoms with Gasteiger partial charge in [-0.15, -0.1) is 0 Å². The first-order valence-electron chi connectivity index (χ1n) is 10.9. The third-order valence-electron chi connectivity index (χ3n) is 6.64. The molecule has 3 aliphatic rings. The average Bonchev–Trinajstić information content (AvgIpc) is 3.60. The van der Waals surface area contributed by atoms with Crippen LogP contribution in [-0.4, -0.2) is 59.0 Å². The van der Waals surface area contributed by atoms with Gasteiger partial charge in [0, 0.05) is 31.8 Å². The van der Waals surface area contributed by atoms with Gasteiger partial charge in [0.1, 0.15) is 0 Å². The Labute approximate surface area is 173 Å². The zero-order chi connectivity index (χ0) is 20.5. The lowest BCUT2D eigenvalue weighted by Gasteiger charge is -2.56. The fourth-order valence-electron chi connectivity index (χ4n) is 4.59. The van der Waals surface area contributed by atoms with Crippen LogP contribution in [0.25, 0.3) is 6.08 Å². The second-order valence-electron chi connectivity index (χ2n) is 8.95. The first kappa shape index (κ1) is 20.1. The Bertz CT molecular complexity index is 780. The molecule has 1 aliphatic heterocycles. The molecular formula is C24H32N2O3. The van der Waals surface area contributed by atoms with Crippen molar-refractivity contribution in [3.8, 4) is 0 Å². The molecule has 2 aliphatic carbocycles. The highest BCUT2D eigenvalue weighted by atomic mass is 16.3. The van der Waals surface area contributed by atoms with Crippen LogP contribution >= 0.6 is 0 Å². The molecule has 3 fully saturated rings. The lowest BCUT2D eigenvalue weighted by atomic mass is 9.74. The van der Waals surface area contributed by atoms with Crippen LogP contribution in [0.3, 0.4) is 0 Å². The Kier molecular flexibility index (Phi) is 5.77. The van der Waals surface area contributed by atoms with Gasteiger partial charge in [0.2, 0.25) is 11.8 Å². The second kappa shape index (κ2) is 8.31. The van der Waals surface area contributed by atoms with Crippen molar-refractivity contribution in [1.29, 1.82) is 0 Å². The Balaban J connectivity index is 1.54. The monoisotopic (exact) mass is 396 g/mol. The maximum absolute atomic E-state index is 12.9. The second-order valence-corrected chi connectivity index (χ2v) is 8.95. The van der Waals surface area contributed by atoms with Crippen LogP contribution in [0.15, 0.2) is 30.3 Å². The van der Waals surface area contributed by atoms with Gasteiger partial charge in [-0.1, -0.05) is 36.4 Å². The van der Waals surface area contributed by atoms with Crippen LogP contribution in [-0.2, 0) is 9.59 Å². The molecule has 4 rings (SSSR count). The number of likely N-dealkylation sites (N-methyl/N-ethyl adjacent to an activating group) is 1. The van der Waals surface area contributed by atoms with E-state index in [1.807, 2.05) is 24.9 Å². The number of aliphatic hydroxyl groups excluding tert-OH is 1. The molecule has 2 amide bonds. The lowest BCUT2D eigenvalue weighted by Crippen LogP contribution is -2.69. The molecule has 1 N–H and O–H groups in total. The number of allylic oxidation sites excluding steroid dienone is 1. The number of benzene rings is 1. The van der Waals surface area contributed by atoms with E-state index in [-0.39, 0.29) is 42.3 Å². The third-order valence-corrected chi connectivity index (χ3v) is 6.64. The summed E-state index contributed by atoms with van der Waals surface area (Å²) in [7, 11) is 1.85. The Morgan fingerprint density at radius 1 is 1.14 bits per heavy atom. The van der Waals surface area contributed by atoms with Gasteiger partial charge in [-0.05, 0) is 49.7 Å². The molecule has 0 unspecified atom stereocenters. The van der Waals surface area contributed by atoms with Gasteiger partial charge in [-0.3, -0.25) is 9.59 Å². The minimum Gasteiger partial charge on any atom is -0.394 e. The van der Waals surface area contributed by atoms with Gasteiger partial charge in [0.15, 0.2) is 0 Å². The van der Waals surface area contributed by atoms with Gasteiger partial charge in [-0.2, -0.15) is 0 Å². The van der Waals surface area contributed by atoms with Crippen LogP contribution in [0.4, 0.5) is 0 Å². The summed E-state index contributed by atoms with van der Waals surface area (Å²) in [5.41, 5.74) is 2.26. The number of aliphatic hydroxyl groups is 1. The maximum Gasteiger partial charge on any atom is 0.226 e. The van der Waals surface area contributed by atoms with Crippen molar-refractivity contribution in [2.75, 3.05) is 20.2 Å². The zero-order valence-corrected chi connectivity index (χ0v) is 17.5. The number of amides is 2. The van der Waals surface area contributed by atoms with E-state index in [0.717, 1.165) is 36.8 Å². The van der Waals surface area contributed by atoms with E-state index in [4.69, 9.17) is 0 Å². The van der Waals surface area contributed by atoms with Crippen molar-refractivity contribution < 1.29 is 14.7 Å². The first-order chi connectivity index (χ1) is 14.0. The molecule has 5 heteroatoms. The molecule has 1 aromatic carbocycles. The molecule has 0 bridgehead atoms. The highest BCUT2D eigenvalue weighted by molar-refractivity contribution is 5.83. The maximum atomic E-state index is 12.9. The number of carbonyl (C=O) groups is 2. The number of nitrogens with zero attached hydrogens (tertiary/aromatic N) is 2. The van der Waals surface area contributed by atoms with E-state index in [0.29, 0.717) is 18.9 Å². The van der Waals surface area contributed by atoms with Crippen molar-refractivity contribution in [2.45, 2.75) is 57.0 Å². The van der Waals surface area contributed by atoms with Crippen molar-refractivity contribution in [2.24, 2.45) is 11.8 Å². The smallest absolute Gasteiger partial charge is 0.226 e.